The number of rotatable bonds is 7. The molecule has 0 saturated carbocycles. The molecule has 0 aromatic heterocycles. The molecule has 0 aromatic rings. The molecule has 9 heteroatoms. The van der Waals surface area contributed by atoms with Crippen LogP contribution in [0.4, 0.5) is 9.59 Å². The number of carboxylic acid groups (broad SMARTS) is 1. The van der Waals surface area contributed by atoms with E-state index in [4.69, 9.17) is 14.6 Å². The van der Waals surface area contributed by atoms with Gasteiger partial charge in [-0.25, -0.2) is 9.68 Å². The highest BCUT2D eigenvalue weighted by Crippen LogP contribution is 2.20. The van der Waals surface area contributed by atoms with Gasteiger partial charge in [-0.1, -0.05) is 6.92 Å². The minimum Gasteiger partial charge on any atom is -0.449 e. The highest BCUT2D eigenvalue weighted by molar-refractivity contribution is 5.75. The SMILES string of the molecule is CCCC(OC)(OC)OOOC(=O)OC(=O)O. The van der Waals surface area contributed by atoms with E-state index in [1.807, 2.05) is 6.92 Å². The van der Waals surface area contributed by atoms with Crippen LogP contribution in [0.1, 0.15) is 19.8 Å². The average molecular weight is 254 g/mol. The van der Waals surface area contributed by atoms with E-state index in [0.717, 1.165) is 0 Å². The van der Waals surface area contributed by atoms with E-state index in [1.165, 1.54) is 14.2 Å². The Hall–Kier alpha value is -1.42. The van der Waals surface area contributed by atoms with Gasteiger partial charge >= 0.3 is 18.3 Å². The summed E-state index contributed by atoms with van der Waals surface area (Å²) in [5.74, 6) is -1.54. The fraction of sp³-hybridized carbons (Fsp3) is 0.750. The van der Waals surface area contributed by atoms with Crippen molar-refractivity contribution in [2.45, 2.75) is 25.7 Å². The van der Waals surface area contributed by atoms with Gasteiger partial charge in [-0.2, -0.15) is 4.79 Å². The van der Waals surface area contributed by atoms with Gasteiger partial charge in [-0.05, 0) is 11.5 Å². The molecule has 0 spiro atoms. The van der Waals surface area contributed by atoms with Gasteiger partial charge in [0.1, 0.15) is 0 Å². The molecule has 0 aliphatic rings. The summed E-state index contributed by atoms with van der Waals surface area (Å²) in [6, 6.07) is 0. The maximum atomic E-state index is 10.6. The summed E-state index contributed by atoms with van der Waals surface area (Å²) < 4.78 is 13.3. The van der Waals surface area contributed by atoms with Crippen molar-refractivity contribution >= 4 is 12.3 Å². The summed E-state index contributed by atoms with van der Waals surface area (Å²) in [5.41, 5.74) is 0. The normalized spacial score (nSPS) is 11.0. The lowest BCUT2D eigenvalue weighted by Gasteiger charge is -2.26. The summed E-state index contributed by atoms with van der Waals surface area (Å²) in [7, 11) is 2.58. The average Bonchev–Trinajstić information content (AvgIpc) is 2.27. The molecule has 0 radical (unpaired) electrons. The Kier molecular flexibility index (Phi) is 7.14. The Labute approximate surface area is 97.0 Å². The first-order valence-corrected chi connectivity index (χ1v) is 4.57. The van der Waals surface area contributed by atoms with E-state index >= 15 is 0 Å². The van der Waals surface area contributed by atoms with Crippen LogP contribution in [0.3, 0.4) is 0 Å². The van der Waals surface area contributed by atoms with Crippen LogP contribution in [0, 0.1) is 0 Å². The zero-order chi connectivity index (χ0) is 13.3. The lowest BCUT2D eigenvalue weighted by molar-refractivity contribution is -0.591. The van der Waals surface area contributed by atoms with Gasteiger partial charge in [-0.3, -0.25) is 0 Å². The topological polar surface area (TPSA) is 110 Å². The van der Waals surface area contributed by atoms with Gasteiger partial charge < -0.3 is 19.3 Å². The predicted molar refractivity (Wildman–Crippen MR) is 49.4 cm³/mol. The third kappa shape index (κ3) is 6.02. The molecule has 0 atom stereocenters. The number of carbonyl (C=O) groups excluding carboxylic acids is 1. The van der Waals surface area contributed by atoms with Crippen molar-refractivity contribution in [2.75, 3.05) is 14.2 Å². The number of methoxy groups -OCH3 is 2. The summed E-state index contributed by atoms with van der Waals surface area (Å²) in [5, 5.41) is 12.1. The van der Waals surface area contributed by atoms with Crippen molar-refractivity contribution in [1.29, 1.82) is 0 Å². The Bertz CT molecular complexity index is 247. The summed E-state index contributed by atoms with van der Waals surface area (Å²) in [6.45, 7) is 1.83. The first kappa shape index (κ1) is 15.6. The maximum Gasteiger partial charge on any atom is 0.553 e. The lowest BCUT2D eigenvalue weighted by atomic mass is 10.3. The highest BCUT2D eigenvalue weighted by Gasteiger charge is 2.33. The van der Waals surface area contributed by atoms with Crippen molar-refractivity contribution in [1.82, 2.24) is 0 Å². The lowest BCUT2D eigenvalue weighted by Crippen LogP contribution is -2.37. The highest BCUT2D eigenvalue weighted by atomic mass is 17.5. The van der Waals surface area contributed by atoms with Crippen LogP contribution >= 0.6 is 0 Å². The van der Waals surface area contributed by atoms with E-state index in [-0.39, 0.29) is 6.42 Å². The number of hydrogen-bond acceptors (Lipinski definition) is 8. The molecule has 0 saturated heterocycles. The van der Waals surface area contributed by atoms with E-state index in [2.05, 4.69) is 19.6 Å². The van der Waals surface area contributed by atoms with Gasteiger partial charge in [0.25, 0.3) is 0 Å². The molecule has 0 amide bonds. The third-order valence-electron chi connectivity index (χ3n) is 1.61. The molecule has 0 heterocycles. The van der Waals surface area contributed by atoms with Gasteiger partial charge in [0.15, 0.2) is 0 Å². The fourth-order valence-corrected chi connectivity index (χ4v) is 0.888. The molecule has 0 unspecified atom stereocenters. The molecule has 0 aromatic carbocycles. The zero-order valence-corrected chi connectivity index (χ0v) is 9.63. The van der Waals surface area contributed by atoms with Gasteiger partial charge in [0.2, 0.25) is 0 Å². The van der Waals surface area contributed by atoms with Crippen LogP contribution in [0.2, 0.25) is 0 Å². The van der Waals surface area contributed by atoms with Crippen molar-refractivity contribution in [3.8, 4) is 0 Å². The van der Waals surface area contributed by atoms with E-state index in [0.29, 0.717) is 6.42 Å². The molecule has 0 rings (SSSR count). The Balaban J connectivity index is 4.05. The maximum absolute atomic E-state index is 10.6. The molecule has 17 heavy (non-hydrogen) atoms. The largest absolute Gasteiger partial charge is 0.553 e. The van der Waals surface area contributed by atoms with Crippen LogP contribution in [-0.4, -0.2) is 37.6 Å². The monoisotopic (exact) mass is 254 g/mol. The Morgan fingerprint density at radius 1 is 1.24 bits per heavy atom. The van der Waals surface area contributed by atoms with Crippen LogP contribution < -0.4 is 0 Å². The van der Waals surface area contributed by atoms with Gasteiger partial charge in [-0.15, -0.1) is 4.89 Å². The first-order chi connectivity index (χ1) is 7.99. The van der Waals surface area contributed by atoms with Crippen molar-refractivity contribution in [3.63, 3.8) is 0 Å². The molecule has 0 aliphatic carbocycles. The third-order valence-corrected chi connectivity index (χ3v) is 1.61. The van der Waals surface area contributed by atoms with Crippen molar-refractivity contribution < 1.29 is 43.7 Å². The van der Waals surface area contributed by atoms with Crippen LogP contribution in [0.25, 0.3) is 0 Å². The smallest absolute Gasteiger partial charge is 0.449 e. The van der Waals surface area contributed by atoms with Crippen LogP contribution in [0.15, 0.2) is 0 Å². The van der Waals surface area contributed by atoms with Crippen molar-refractivity contribution in [2.24, 2.45) is 0 Å². The van der Waals surface area contributed by atoms with Gasteiger partial charge in [0, 0.05) is 20.6 Å². The summed E-state index contributed by atoms with van der Waals surface area (Å²) in [4.78, 5) is 28.9. The predicted octanol–water partition coefficient (Wildman–Crippen LogP) is 1.43. The number of carbonyl (C=O) groups is 2. The molecular weight excluding hydrogens is 240 g/mol. The standard InChI is InChI=1S/C8H14O9/c1-4-5-8(12-2,13-3)16-17-15-7(11)14-6(9)10/h4-5H2,1-3H3,(H,9,10). The van der Waals surface area contributed by atoms with E-state index < -0.39 is 18.3 Å². The fourth-order valence-electron chi connectivity index (χ4n) is 0.888. The second kappa shape index (κ2) is 7.79. The summed E-state index contributed by atoms with van der Waals surface area (Å²) >= 11 is 0. The second-order valence-electron chi connectivity index (χ2n) is 2.69. The summed E-state index contributed by atoms with van der Waals surface area (Å²) in [6.07, 6.45) is -2.52. The van der Waals surface area contributed by atoms with Crippen LogP contribution in [-0.2, 0) is 29.0 Å². The molecule has 1 N–H and O–H groups in total. The molecule has 0 fully saturated rings. The zero-order valence-electron chi connectivity index (χ0n) is 9.63. The minimum atomic E-state index is -1.84. The molecule has 100 valence electrons. The Morgan fingerprint density at radius 3 is 2.24 bits per heavy atom. The van der Waals surface area contributed by atoms with Crippen LogP contribution in [0.5, 0.6) is 0 Å². The Morgan fingerprint density at radius 2 is 1.82 bits per heavy atom. The second-order valence-corrected chi connectivity index (χ2v) is 2.69. The quantitative estimate of drug-likeness (QED) is 0.237. The minimum absolute atomic E-state index is 0.289. The van der Waals surface area contributed by atoms with E-state index in [9.17, 15) is 9.59 Å². The van der Waals surface area contributed by atoms with Crippen molar-refractivity contribution in [3.05, 3.63) is 0 Å². The van der Waals surface area contributed by atoms with Gasteiger partial charge in [0.05, 0.1) is 0 Å². The van der Waals surface area contributed by atoms with E-state index in [1.54, 1.807) is 0 Å². The number of ether oxygens (including phenoxy) is 3. The molecule has 0 bridgehead atoms. The molecule has 9 nitrogen and oxygen atoms in total. The number of hydrogen-bond donors (Lipinski definition) is 1. The molecule has 0 aliphatic heterocycles. The molecular formula is C8H14O9. The first-order valence-electron chi connectivity index (χ1n) is 4.57.